The molecule has 0 unspecified atom stereocenters. The molecule has 0 bridgehead atoms. The highest BCUT2D eigenvalue weighted by Gasteiger charge is 2.54. The lowest BCUT2D eigenvalue weighted by Crippen LogP contribution is -2.73. The molecule has 2 aliphatic rings. The van der Waals surface area contributed by atoms with Crippen LogP contribution in [-0.2, 0) is 0 Å². The Balaban J connectivity index is 2.03. The second kappa shape index (κ2) is 1.56. The fourth-order valence-corrected chi connectivity index (χ4v) is 2.66. The van der Waals surface area contributed by atoms with E-state index in [0.717, 1.165) is 6.54 Å². The molecule has 1 nitrogen and oxygen atoms in total. The standard InChI is InChI=1S/C5H7FIN/c6-3-2-1-8-5(2)4(3)7/h2-5,8H,1H2/t2-,3+,4-,5-/m1/s1. The van der Waals surface area contributed by atoms with Crippen molar-refractivity contribution in [2.45, 2.75) is 16.1 Å². The zero-order chi connectivity index (χ0) is 5.72. The molecule has 8 heavy (non-hydrogen) atoms. The summed E-state index contributed by atoms with van der Waals surface area (Å²) in [6.45, 7) is 0.908. The van der Waals surface area contributed by atoms with Gasteiger partial charge in [0.1, 0.15) is 6.17 Å². The third-order valence-corrected chi connectivity index (χ3v) is 3.57. The van der Waals surface area contributed by atoms with E-state index in [0.29, 0.717) is 12.0 Å². The molecule has 1 N–H and O–H groups in total. The fourth-order valence-electron chi connectivity index (χ4n) is 1.34. The van der Waals surface area contributed by atoms with E-state index in [1.165, 1.54) is 0 Å². The minimum Gasteiger partial charge on any atom is -0.312 e. The molecule has 1 heterocycles. The number of piperidine rings is 1. The highest BCUT2D eigenvalue weighted by molar-refractivity contribution is 14.1. The summed E-state index contributed by atoms with van der Waals surface area (Å²) >= 11 is 2.17. The molecule has 0 aromatic heterocycles. The average molecular weight is 227 g/mol. The smallest absolute Gasteiger partial charge is 0.119 e. The van der Waals surface area contributed by atoms with Crippen LogP contribution >= 0.6 is 22.6 Å². The second-order valence-electron chi connectivity index (χ2n) is 2.49. The summed E-state index contributed by atoms with van der Waals surface area (Å²) in [6, 6.07) is 0.519. The van der Waals surface area contributed by atoms with Crippen molar-refractivity contribution in [3.05, 3.63) is 0 Å². The van der Waals surface area contributed by atoms with Crippen molar-refractivity contribution in [1.29, 1.82) is 0 Å². The van der Waals surface area contributed by atoms with Crippen LogP contribution in [0.1, 0.15) is 0 Å². The van der Waals surface area contributed by atoms with Gasteiger partial charge >= 0.3 is 0 Å². The lowest BCUT2D eigenvalue weighted by atomic mass is 9.71. The van der Waals surface area contributed by atoms with Crippen LogP contribution in [0.5, 0.6) is 0 Å². The molecule has 4 atom stereocenters. The molecule has 0 aromatic rings. The van der Waals surface area contributed by atoms with Crippen molar-refractivity contribution in [3.63, 3.8) is 0 Å². The summed E-state index contributed by atoms with van der Waals surface area (Å²) in [5, 5.41) is 3.18. The van der Waals surface area contributed by atoms with E-state index in [1.807, 2.05) is 0 Å². The third kappa shape index (κ3) is 0.447. The number of hydrogen-bond donors (Lipinski definition) is 1. The molecular formula is C5H7FIN. The Morgan fingerprint density at radius 1 is 1.62 bits per heavy atom. The lowest BCUT2D eigenvalue weighted by Gasteiger charge is -2.53. The van der Waals surface area contributed by atoms with Gasteiger partial charge in [-0.1, -0.05) is 22.6 Å². The number of fused-ring (bicyclic) bond motifs is 1. The van der Waals surface area contributed by atoms with Gasteiger partial charge < -0.3 is 5.32 Å². The van der Waals surface area contributed by atoms with Crippen molar-refractivity contribution < 1.29 is 4.39 Å². The molecule has 0 aromatic carbocycles. The Morgan fingerprint density at radius 2 is 2.38 bits per heavy atom. The maximum Gasteiger partial charge on any atom is 0.119 e. The monoisotopic (exact) mass is 227 g/mol. The van der Waals surface area contributed by atoms with Crippen LogP contribution in [0.4, 0.5) is 4.39 Å². The van der Waals surface area contributed by atoms with Crippen molar-refractivity contribution in [2.24, 2.45) is 5.92 Å². The highest BCUT2D eigenvalue weighted by Crippen LogP contribution is 2.41. The van der Waals surface area contributed by atoms with Crippen LogP contribution in [0.3, 0.4) is 0 Å². The first-order chi connectivity index (χ1) is 3.80. The Hall–Kier alpha value is 0.620. The maximum absolute atomic E-state index is 12.6. The van der Waals surface area contributed by atoms with E-state index in [-0.39, 0.29) is 3.92 Å². The number of halogens is 2. The Bertz CT molecular complexity index is 93.0. The first-order valence-corrected chi connectivity index (χ1v) is 4.07. The maximum atomic E-state index is 12.6. The lowest BCUT2D eigenvalue weighted by molar-refractivity contribution is 0.0143. The third-order valence-electron chi connectivity index (χ3n) is 2.11. The van der Waals surface area contributed by atoms with Crippen LogP contribution in [0, 0.1) is 5.92 Å². The largest absolute Gasteiger partial charge is 0.312 e. The summed E-state index contributed by atoms with van der Waals surface area (Å²) in [5.74, 6) is 0.372. The van der Waals surface area contributed by atoms with Gasteiger partial charge in [0.15, 0.2) is 0 Å². The van der Waals surface area contributed by atoms with Gasteiger partial charge in [-0.2, -0.15) is 0 Å². The van der Waals surface area contributed by atoms with Crippen LogP contribution in [-0.4, -0.2) is 22.7 Å². The first kappa shape index (κ1) is 5.41. The molecule has 1 saturated heterocycles. The van der Waals surface area contributed by atoms with Gasteiger partial charge in [0.25, 0.3) is 0 Å². The molecule has 2 rings (SSSR count). The molecule has 1 saturated carbocycles. The minimum atomic E-state index is -0.512. The van der Waals surface area contributed by atoms with E-state index in [2.05, 4.69) is 27.9 Å². The second-order valence-corrected chi connectivity index (χ2v) is 3.93. The number of nitrogens with one attached hydrogen (secondary N) is 1. The van der Waals surface area contributed by atoms with Gasteiger partial charge in [0.05, 0.1) is 3.92 Å². The quantitative estimate of drug-likeness (QED) is 0.475. The molecular weight excluding hydrogens is 220 g/mol. The Labute approximate surface area is 61.2 Å². The van der Waals surface area contributed by atoms with Crippen molar-refractivity contribution >= 4 is 22.6 Å². The van der Waals surface area contributed by atoms with Gasteiger partial charge in [-0.25, -0.2) is 4.39 Å². The summed E-state index contributed by atoms with van der Waals surface area (Å²) in [4.78, 5) is 0. The summed E-state index contributed by atoms with van der Waals surface area (Å²) in [6.07, 6.45) is -0.512. The molecule has 0 spiro atoms. The SMILES string of the molecule is F[C@@H]1[C@@H](I)[C@@H]2NC[C@H]12. The van der Waals surface area contributed by atoms with E-state index in [4.69, 9.17) is 0 Å². The molecule has 0 radical (unpaired) electrons. The van der Waals surface area contributed by atoms with E-state index < -0.39 is 6.17 Å². The molecule has 46 valence electrons. The average Bonchev–Trinajstić information content (AvgIpc) is 1.64. The van der Waals surface area contributed by atoms with E-state index in [1.54, 1.807) is 0 Å². The van der Waals surface area contributed by atoms with Gasteiger partial charge in [0.2, 0.25) is 0 Å². The summed E-state index contributed by atoms with van der Waals surface area (Å²) < 4.78 is 12.8. The normalized spacial score (nSPS) is 60.8. The Kier molecular flexibility index (Phi) is 1.06. The zero-order valence-electron chi connectivity index (χ0n) is 4.27. The molecule has 2 fully saturated rings. The van der Waals surface area contributed by atoms with Crippen molar-refractivity contribution in [1.82, 2.24) is 5.32 Å². The molecule has 1 aliphatic carbocycles. The van der Waals surface area contributed by atoms with Gasteiger partial charge in [-0.3, -0.25) is 0 Å². The summed E-state index contributed by atoms with van der Waals surface area (Å²) in [5.41, 5.74) is 0. The number of alkyl halides is 2. The first-order valence-electron chi connectivity index (χ1n) is 2.82. The molecule has 1 aliphatic heterocycles. The Morgan fingerprint density at radius 3 is 2.50 bits per heavy atom. The zero-order valence-corrected chi connectivity index (χ0v) is 6.43. The van der Waals surface area contributed by atoms with Gasteiger partial charge in [-0.15, -0.1) is 0 Å². The van der Waals surface area contributed by atoms with Crippen molar-refractivity contribution in [3.8, 4) is 0 Å². The van der Waals surface area contributed by atoms with Crippen LogP contribution < -0.4 is 5.32 Å². The van der Waals surface area contributed by atoms with Crippen LogP contribution in [0.15, 0.2) is 0 Å². The topological polar surface area (TPSA) is 12.0 Å². The van der Waals surface area contributed by atoms with E-state index in [9.17, 15) is 4.39 Å². The number of hydrogen-bond acceptors (Lipinski definition) is 1. The van der Waals surface area contributed by atoms with Crippen molar-refractivity contribution in [2.75, 3.05) is 6.54 Å². The van der Waals surface area contributed by atoms with Gasteiger partial charge in [-0.05, 0) is 0 Å². The molecule has 0 amide bonds. The van der Waals surface area contributed by atoms with Crippen LogP contribution in [0.2, 0.25) is 0 Å². The van der Waals surface area contributed by atoms with E-state index >= 15 is 0 Å². The number of rotatable bonds is 0. The van der Waals surface area contributed by atoms with Crippen LogP contribution in [0.25, 0.3) is 0 Å². The highest BCUT2D eigenvalue weighted by atomic mass is 127. The predicted octanol–water partition coefficient (Wildman–Crippen LogP) is 0.730. The predicted molar refractivity (Wildman–Crippen MR) is 38.0 cm³/mol. The fraction of sp³-hybridized carbons (Fsp3) is 1.00. The van der Waals surface area contributed by atoms with Gasteiger partial charge in [0, 0.05) is 18.5 Å². The minimum absolute atomic E-state index is 0.256. The summed E-state index contributed by atoms with van der Waals surface area (Å²) in [7, 11) is 0. The molecule has 3 heteroatoms.